The summed E-state index contributed by atoms with van der Waals surface area (Å²) >= 11 is 6.64. The molecule has 0 radical (unpaired) electrons. The van der Waals surface area contributed by atoms with Crippen molar-refractivity contribution in [3.63, 3.8) is 0 Å². The standard InChI is InChI=1S/C11H21NS2/c1-2-10-7-12(5-6-14-10)8-11(9-13)3-4-11/h10,13H,2-9H2,1H3. The first-order chi connectivity index (χ1) is 6.78. The second-order valence-corrected chi connectivity index (χ2v) is 6.52. The fraction of sp³-hybridized carbons (Fsp3) is 1.00. The van der Waals surface area contributed by atoms with Crippen LogP contribution in [0.1, 0.15) is 26.2 Å². The van der Waals surface area contributed by atoms with E-state index in [4.69, 9.17) is 0 Å². The van der Waals surface area contributed by atoms with E-state index < -0.39 is 0 Å². The molecule has 0 spiro atoms. The van der Waals surface area contributed by atoms with Gasteiger partial charge in [-0.1, -0.05) is 6.92 Å². The lowest BCUT2D eigenvalue weighted by Gasteiger charge is -2.34. The van der Waals surface area contributed by atoms with Crippen LogP contribution in [0.15, 0.2) is 0 Å². The minimum absolute atomic E-state index is 0.614. The number of nitrogens with zero attached hydrogens (tertiary/aromatic N) is 1. The molecule has 0 N–H and O–H groups in total. The monoisotopic (exact) mass is 231 g/mol. The maximum absolute atomic E-state index is 4.48. The third kappa shape index (κ3) is 2.61. The Bertz CT molecular complexity index is 192. The van der Waals surface area contributed by atoms with Crippen LogP contribution >= 0.6 is 24.4 Å². The van der Waals surface area contributed by atoms with Crippen molar-refractivity contribution in [3.05, 3.63) is 0 Å². The van der Waals surface area contributed by atoms with Gasteiger partial charge in [-0.2, -0.15) is 24.4 Å². The van der Waals surface area contributed by atoms with Crippen molar-refractivity contribution >= 4 is 24.4 Å². The van der Waals surface area contributed by atoms with Crippen LogP contribution in [0, 0.1) is 5.41 Å². The Kier molecular flexibility index (Phi) is 3.72. The highest BCUT2D eigenvalue weighted by molar-refractivity contribution is 8.00. The van der Waals surface area contributed by atoms with Gasteiger partial charge < -0.3 is 4.90 Å². The van der Waals surface area contributed by atoms with Crippen LogP contribution in [-0.2, 0) is 0 Å². The highest BCUT2D eigenvalue weighted by atomic mass is 32.2. The van der Waals surface area contributed by atoms with Gasteiger partial charge in [-0.05, 0) is 30.4 Å². The van der Waals surface area contributed by atoms with Gasteiger partial charge in [0.25, 0.3) is 0 Å². The largest absolute Gasteiger partial charge is 0.301 e. The molecule has 0 aromatic heterocycles. The Balaban J connectivity index is 1.80. The van der Waals surface area contributed by atoms with E-state index in [1.165, 1.54) is 44.6 Å². The number of thioether (sulfide) groups is 1. The van der Waals surface area contributed by atoms with Crippen molar-refractivity contribution in [2.75, 3.05) is 31.1 Å². The first kappa shape index (κ1) is 11.2. The lowest BCUT2D eigenvalue weighted by atomic mass is 10.1. The van der Waals surface area contributed by atoms with Crippen molar-refractivity contribution in [3.8, 4) is 0 Å². The molecule has 1 aliphatic heterocycles. The third-order valence-corrected chi connectivity index (χ3v) is 5.57. The van der Waals surface area contributed by atoms with Gasteiger partial charge in [0.05, 0.1) is 0 Å². The zero-order chi connectivity index (χ0) is 10.0. The lowest BCUT2D eigenvalue weighted by molar-refractivity contribution is 0.236. The first-order valence-corrected chi connectivity index (χ1v) is 7.41. The molecule has 0 aromatic rings. The predicted octanol–water partition coefficient (Wildman–Crippen LogP) is 2.52. The number of rotatable bonds is 4. The van der Waals surface area contributed by atoms with Crippen molar-refractivity contribution < 1.29 is 0 Å². The van der Waals surface area contributed by atoms with Gasteiger partial charge in [-0.15, -0.1) is 0 Å². The highest BCUT2D eigenvalue weighted by Gasteiger charge is 2.42. The van der Waals surface area contributed by atoms with Crippen LogP contribution in [0.5, 0.6) is 0 Å². The zero-order valence-electron chi connectivity index (χ0n) is 9.04. The van der Waals surface area contributed by atoms with Gasteiger partial charge in [-0.25, -0.2) is 0 Å². The summed E-state index contributed by atoms with van der Waals surface area (Å²) in [5, 5.41) is 0.888. The van der Waals surface area contributed by atoms with Crippen LogP contribution in [0.3, 0.4) is 0 Å². The van der Waals surface area contributed by atoms with Crippen LogP contribution in [-0.4, -0.2) is 41.3 Å². The van der Waals surface area contributed by atoms with E-state index in [9.17, 15) is 0 Å². The molecule has 1 atom stereocenters. The summed E-state index contributed by atoms with van der Waals surface area (Å²) in [4.78, 5) is 2.67. The fourth-order valence-electron chi connectivity index (χ4n) is 2.19. The van der Waals surface area contributed by atoms with Gasteiger partial charge >= 0.3 is 0 Å². The fourth-order valence-corrected chi connectivity index (χ4v) is 3.85. The smallest absolute Gasteiger partial charge is 0.0172 e. The molecule has 2 fully saturated rings. The minimum Gasteiger partial charge on any atom is -0.301 e. The number of hydrogen-bond acceptors (Lipinski definition) is 3. The topological polar surface area (TPSA) is 3.24 Å². The summed E-state index contributed by atoms with van der Waals surface area (Å²) in [5.74, 6) is 2.43. The van der Waals surface area contributed by atoms with E-state index in [2.05, 4.69) is 36.2 Å². The van der Waals surface area contributed by atoms with E-state index in [0.717, 1.165) is 11.0 Å². The molecule has 3 heteroatoms. The number of thiol groups is 1. The lowest BCUT2D eigenvalue weighted by Crippen LogP contribution is -2.41. The molecular weight excluding hydrogens is 210 g/mol. The van der Waals surface area contributed by atoms with Crippen molar-refractivity contribution in [1.29, 1.82) is 0 Å². The Morgan fingerprint density at radius 3 is 2.86 bits per heavy atom. The maximum atomic E-state index is 4.48. The summed E-state index contributed by atoms with van der Waals surface area (Å²) in [6, 6.07) is 0. The molecule has 1 saturated carbocycles. The predicted molar refractivity (Wildman–Crippen MR) is 68.5 cm³/mol. The molecule has 2 aliphatic rings. The molecule has 0 bridgehead atoms. The first-order valence-electron chi connectivity index (χ1n) is 5.73. The average molecular weight is 231 g/mol. The van der Waals surface area contributed by atoms with Crippen molar-refractivity contribution in [2.45, 2.75) is 31.4 Å². The summed E-state index contributed by atoms with van der Waals surface area (Å²) in [6.07, 6.45) is 4.16. The molecule has 82 valence electrons. The summed E-state index contributed by atoms with van der Waals surface area (Å²) in [5.41, 5.74) is 0.614. The Morgan fingerprint density at radius 2 is 2.29 bits per heavy atom. The van der Waals surface area contributed by atoms with Crippen LogP contribution in [0.4, 0.5) is 0 Å². The molecule has 1 saturated heterocycles. The molecule has 0 aromatic carbocycles. The SMILES string of the molecule is CCC1CN(CC2(CS)CC2)CCS1. The van der Waals surface area contributed by atoms with Crippen LogP contribution in [0.25, 0.3) is 0 Å². The van der Waals surface area contributed by atoms with E-state index in [-0.39, 0.29) is 0 Å². The van der Waals surface area contributed by atoms with Gasteiger partial charge in [0, 0.05) is 30.6 Å². The number of hydrogen-bond donors (Lipinski definition) is 1. The van der Waals surface area contributed by atoms with E-state index >= 15 is 0 Å². The molecule has 1 aliphatic carbocycles. The van der Waals surface area contributed by atoms with Gasteiger partial charge in [0.2, 0.25) is 0 Å². The van der Waals surface area contributed by atoms with Crippen LogP contribution < -0.4 is 0 Å². The Labute approximate surface area is 97.4 Å². The van der Waals surface area contributed by atoms with Crippen molar-refractivity contribution in [1.82, 2.24) is 4.90 Å². The highest BCUT2D eigenvalue weighted by Crippen LogP contribution is 2.47. The third-order valence-electron chi connectivity index (χ3n) is 3.53. The molecule has 0 amide bonds. The molecular formula is C11H21NS2. The molecule has 14 heavy (non-hydrogen) atoms. The van der Waals surface area contributed by atoms with Gasteiger partial charge in [-0.3, -0.25) is 0 Å². The summed E-state index contributed by atoms with van der Waals surface area (Å²) in [6.45, 7) is 6.24. The van der Waals surface area contributed by atoms with Gasteiger partial charge in [0.15, 0.2) is 0 Å². The Hall–Kier alpha value is 0.660. The second kappa shape index (κ2) is 4.67. The van der Waals surface area contributed by atoms with Gasteiger partial charge in [0.1, 0.15) is 0 Å². The Morgan fingerprint density at radius 1 is 1.50 bits per heavy atom. The zero-order valence-corrected chi connectivity index (χ0v) is 10.7. The van der Waals surface area contributed by atoms with E-state index in [1.54, 1.807) is 0 Å². The molecule has 1 unspecified atom stereocenters. The second-order valence-electron chi connectivity index (χ2n) is 4.79. The summed E-state index contributed by atoms with van der Waals surface area (Å²) in [7, 11) is 0. The van der Waals surface area contributed by atoms with Crippen LogP contribution in [0.2, 0.25) is 0 Å². The van der Waals surface area contributed by atoms with Crippen molar-refractivity contribution in [2.24, 2.45) is 5.41 Å². The van der Waals surface area contributed by atoms with E-state index in [0.29, 0.717) is 5.41 Å². The molecule has 2 rings (SSSR count). The average Bonchev–Trinajstić information content (AvgIpc) is 2.99. The molecule has 1 nitrogen and oxygen atoms in total. The quantitative estimate of drug-likeness (QED) is 0.741. The molecule has 1 heterocycles. The summed E-state index contributed by atoms with van der Waals surface area (Å²) < 4.78 is 0. The minimum atomic E-state index is 0.614. The van der Waals surface area contributed by atoms with E-state index in [1.807, 2.05) is 0 Å². The normalized spacial score (nSPS) is 31.7. The maximum Gasteiger partial charge on any atom is 0.0172 e.